The van der Waals surface area contributed by atoms with Crippen molar-refractivity contribution >= 4 is 15.9 Å². The molecule has 0 fully saturated rings. The molecule has 122 valence electrons. The number of carbonyl (C=O) groups is 1. The summed E-state index contributed by atoms with van der Waals surface area (Å²) in [5, 5.41) is 11.9. The van der Waals surface area contributed by atoms with E-state index >= 15 is 0 Å². The van der Waals surface area contributed by atoms with Crippen molar-refractivity contribution in [1.29, 1.82) is 0 Å². The first kappa shape index (κ1) is 15.5. The smallest absolute Gasteiger partial charge is 0.258 e. The molecule has 23 heavy (non-hydrogen) atoms. The molecule has 0 saturated carbocycles. The van der Waals surface area contributed by atoms with Crippen molar-refractivity contribution in [3.63, 3.8) is 0 Å². The highest BCUT2D eigenvalue weighted by Crippen LogP contribution is 2.22. The van der Waals surface area contributed by atoms with E-state index in [1.54, 1.807) is 16.8 Å². The normalized spacial score (nSPS) is 14.0. The van der Waals surface area contributed by atoms with E-state index < -0.39 is 10.0 Å². The van der Waals surface area contributed by atoms with Gasteiger partial charge in [-0.2, -0.15) is 5.10 Å². The molecule has 3 rings (SSSR count). The number of sulfonamides is 1. The molecule has 0 unspecified atom stereocenters. The Kier molecular flexibility index (Phi) is 4.05. The van der Waals surface area contributed by atoms with E-state index in [9.17, 15) is 13.2 Å². The number of hydrogen-bond acceptors (Lipinski definition) is 5. The molecule has 2 heterocycles. The molecule has 1 aliphatic rings. The van der Waals surface area contributed by atoms with Crippen LogP contribution in [-0.2, 0) is 23.1 Å². The van der Waals surface area contributed by atoms with Crippen molar-refractivity contribution in [1.82, 2.24) is 15.1 Å². The van der Waals surface area contributed by atoms with E-state index in [-0.39, 0.29) is 17.3 Å². The maximum Gasteiger partial charge on any atom is 0.258 e. The Balaban J connectivity index is 1.66. The van der Waals surface area contributed by atoms with E-state index in [2.05, 4.69) is 10.4 Å². The number of hydrogen-bond donors (Lipinski definition) is 2. The van der Waals surface area contributed by atoms with Crippen molar-refractivity contribution in [2.75, 3.05) is 6.61 Å². The fourth-order valence-electron chi connectivity index (χ4n) is 2.30. The van der Waals surface area contributed by atoms with Gasteiger partial charge in [-0.3, -0.25) is 4.79 Å². The summed E-state index contributed by atoms with van der Waals surface area (Å²) < 4.78 is 29.5. The second-order valence-corrected chi connectivity index (χ2v) is 6.72. The lowest BCUT2D eigenvalue weighted by atomic mass is 10.2. The Hall–Kier alpha value is -2.39. The largest absolute Gasteiger partial charge is 0.477 e. The molecule has 0 atom stereocenters. The molecule has 9 heteroatoms. The lowest BCUT2D eigenvalue weighted by molar-refractivity contribution is 0.0944. The Morgan fingerprint density at radius 1 is 1.35 bits per heavy atom. The van der Waals surface area contributed by atoms with Crippen molar-refractivity contribution in [3.05, 3.63) is 41.6 Å². The Morgan fingerprint density at radius 3 is 2.78 bits per heavy atom. The zero-order valence-corrected chi connectivity index (χ0v) is 13.0. The quantitative estimate of drug-likeness (QED) is 0.830. The Bertz CT molecular complexity index is 827. The van der Waals surface area contributed by atoms with Crippen molar-refractivity contribution in [3.8, 4) is 5.88 Å². The summed E-state index contributed by atoms with van der Waals surface area (Å²) in [6, 6.07) is 6.01. The maximum absolute atomic E-state index is 12.2. The van der Waals surface area contributed by atoms with Crippen LogP contribution < -0.4 is 15.2 Å². The van der Waals surface area contributed by atoms with Crippen LogP contribution in [0.25, 0.3) is 0 Å². The lowest BCUT2D eigenvalue weighted by Gasteiger charge is -2.15. The fraction of sp³-hybridized carbons (Fsp3) is 0.286. The summed E-state index contributed by atoms with van der Waals surface area (Å²) in [5.41, 5.74) is 1.15. The van der Waals surface area contributed by atoms with Crippen LogP contribution >= 0.6 is 0 Å². The van der Waals surface area contributed by atoms with Gasteiger partial charge in [-0.25, -0.2) is 18.2 Å². The highest BCUT2D eigenvalue weighted by atomic mass is 32.2. The molecule has 0 aliphatic carbocycles. The number of nitrogens with zero attached hydrogens (tertiary/aromatic N) is 2. The second kappa shape index (κ2) is 6.01. The van der Waals surface area contributed by atoms with Gasteiger partial charge in [-0.1, -0.05) is 12.1 Å². The Labute approximate surface area is 133 Å². The molecule has 0 radical (unpaired) electrons. The maximum atomic E-state index is 12.2. The average Bonchev–Trinajstić information content (AvgIpc) is 2.96. The number of nitrogens with two attached hydrogens (primary N) is 1. The molecule has 1 aromatic heterocycles. The van der Waals surface area contributed by atoms with Crippen LogP contribution in [0.5, 0.6) is 5.88 Å². The van der Waals surface area contributed by atoms with Crippen LogP contribution in [-0.4, -0.2) is 30.7 Å². The molecular formula is C14H16N4O4S. The van der Waals surface area contributed by atoms with Gasteiger partial charge >= 0.3 is 0 Å². The van der Waals surface area contributed by atoms with Gasteiger partial charge in [0.25, 0.3) is 5.91 Å². The number of rotatable bonds is 4. The minimum absolute atomic E-state index is 0.0340. The minimum atomic E-state index is -3.71. The summed E-state index contributed by atoms with van der Waals surface area (Å²) in [7, 11) is -3.71. The summed E-state index contributed by atoms with van der Waals surface area (Å²) in [4.78, 5) is 12.3. The number of benzene rings is 1. The molecule has 1 aliphatic heterocycles. The van der Waals surface area contributed by atoms with Gasteiger partial charge < -0.3 is 10.1 Å². The van der Waals surface area contributed by atoms with Gasteiger partial charge in [-0.15, -0.1) is 0 Å². The molecular weight excluding hydrogens is 320 g/mol. The predicted molar refractivity (Wildman–Crippen MR) is 81.3 cm³/mol. The molecule has 2 aromatic rings. The van der Waals surface area contributed by atoms with E-state index in [4.69, 9.17) is 9.88 Å². The lowest BCUT2D eigenvalue weighted by Crippen LogP contribution is -2.24. The van der Waals surface area contributed by atoms with E-state index in [1.165, 1.54) is 18.3 Å². The molecule has 3 N–H and O–H groups in total. The number of aryl methyl sites for hydroxylation is 1. The Morgan fingerprint density at radius 2 is 2.09 bits per heavy atom. The van der Waals surface area contributed by atoms with Crippen molar-refractivity contribution in [2.45, 2.75) is 24.4 Å². The van der Waals surface area contributed by atoms with E-state index in [0.29, 0.717) is 18.1 Å². The first-order valence-corrected chi connectivity index (χ1v) is 8.58. The fourth-order valence-corrected chi connectivity index (χ4v) is 2.81. The van der Waals surface area contributed by atoms with Crippen molar-refractivity contribution in [2.24, 2.45) is 5.14 Å². The first-order chi connectivity index (χ1) is 10.9. The average molecular weight is 336 g/mol. The number of carbonyl (C=O) groups excluding carboxylic acids is 1. The number of ether oxygens (including phenoxy) is 1. The number of primary sulfonamides is 1. The van der Waals surface area contributed by atoms with Crippen LogP contribution in [0.4, 0.5) is 0 Å². The highest BCUT2D eigenvalue weighted by molar-refractivity contribution is 7.89. The van der Waals surface area contributed by atoms with Gasteiger partial charge in [0.1, 0.15) is 5.56 Å². The molecule has 1 amide bonds. The van der Waals surface area contributed by atoms with Gasteiger partial charge in [0.2, 0.25) is 15.9 Å². The molecule has 0 bridgehead atoms. The highest BCUT2D eigenvalue weighted by Gasteiger charge is 2.21. The SMILES string of the molecule is NS(=O)(=O)c1ccc(CNC(=O)c2cnn3c2OCCC3)cc1. The van der Waals surface area contributed by atoms with Crippen LogP contribution in [0, 0.1) is 0 Å². The van der Waals surface area contributed by atoms with E-state index in [1.807, 2.05) is 0 Å². The summed E-state index contributed by atoms with van der Waals surface area (Å²) in [6.45, 7) is 1.56. The predicted octanol–water partition coefficient (Wildman–Crippen LogP) is 0.243. The van der Waals surface area contributed by atoms with Crippen LogP contribution in [0.3, 0.4) is 0 Å². The third-order valence-electron chi connectivity index (χ3n) is 3.49. The van der Waals surface area contributed by atoms with Crippen molar-refractivity contribution < 1.29 is 17.9 Å². The van der Waals surface area contributed by atoms with Gasteiger partial charge in [0, 0.05) is 19.5 Å². The van der Waals surface area contributed by atoms with Gasteiger partial charge in [0.15, 0.2) is 0 Å². The molecule has 1 aromatic carbocycles. The van der Waals surface area contributed by atoms with E-state index in [0.717, 1.165) is 18.5 Å². The topological polar surface area (TPSA) is 116 Å². The summed E-state index contributed by atoms with van der Waals surface area (Å²) >= 11 is 0. The monoisotopic (exact) mass is 336 g/mol. The first-order valence-electron chi connectivity index (χ1n) is 7.04. The second-order valence-electron chi connectivity index (χ2n) is 5.16. The summed E-state index contributed by atoms with van der Waals surface area (Å²) in [6.07, 6.45) is 2.35. The molecule has 0 saturated heterocycles. The number of fused-ring (bicyclic) bond motifs is 1. The van der Waals surface area contributed by atoms with Crippen LogP contribution in [0.1, 0.15) is 22.3 Å². The third kappa shape index (κ3) is 3.35. The molecule has 8 nitrogen and oxygen atoms in total. The standard InChI is InChI=1S/C14H16N4O4S/c15-23(20,21)11-4-2-10(3-5-11)8-16-13(19)12-9-17-18-6-1-7-22-14(12)18/h2-5,9H,1,6-8H2,(H,16,19)(H2,15,20,21). The number of nitrogens with one attached hydrogen (secondary N) is 1. The number of aromatic nitrogens is 2. The van der Waals surface area contributed by atoms with Gasteiger partial charge in [-0.05, 0) is 17.7 Å². The number of amides is 1. The molecule has 0 spiro atoms. The third-order valence-corrected chi connectivity index (χ3v) is 4.42. The van der Waals surface area contributed by atoms with Gasteiger partial charge in [0.05, 0.1) is 17.7 Å². The zero-order valence-electron chi connectivity index (χ0n) is 12.2. The van der Waals surface area contributed by atoms with Crippen LogP contribution in [0.15, 0.2) is 35.4 Å². The minimum Gasteiger partial charge on any atom is -0.477 e. The van der Waals surface area contributed by atoms with Crippen LogP contribution in [0.2, 0.25) is 0 Å². The summed E-state index contributed by atoms with van der Waals surface area (Å²) in [5.74, 6) is 0.196. The zero-order chi connectivity index (χ0) is 16.4.